The number of oxazole rings is 1. The fourth-order valence-corrected chi connectivity index (χ4v) is 4.03. The van der Waals surface area contributed by atoms with Crippen LogP contribution in [-0.4, -0.2) is 41.3 Å². The summed E-state index contributed by atoms with van der Waals surface area (Å²) in [5.74, 6) is -1.49. The van der Waals surface area contributed by atoms with E-state index in [1.807, 2.05) is 0 Å². The first-order chi connectivity index (χ1) is 12.9. The average Bonchev–Trinajstić information content (AvgIpc) is 3.35. The lowest BCUT2D eigenvalue weighted by atomic mass is 9.72. The Morgan fingerprint density at radius 2 is 2.15 bits per heavy atom. The second kappa shape index (κ2) is 6.40. The van der Waals surface area contributed by atoms with Crippen LogP contribution in [0.1, 0.15) is 50.9 Å². The molecule has 5 rings (SSSR count). The molecule has 142 valence electrons. The summed E-state index contributed by atoms with van der Waals surface area (Å²) in [6.07, 6.45) is -1.08. The van der Waals surface area contributed by atoms with Gasteiger partial charge in [-0.05, 0) is 30.5 Å². The lowest BCUT2D eigenvalue weighted by molar-refractivity contribution is 0.0729. The van der Waals surface area contributed by atoms with Crippen LogP contribution in [0.4, 0.5) is 13.2 Å². The van der Waals surface area contributed by atoms with Crippen LogP contribution < -0.4 is 5.32 Å². The van der Waals surface area contributed by atoms with Gasteiger partial charge >= 0.3 is 0 Å². The van der Waals surface area contributed by atoms with Crippen molar-refractivity contribution in [3.05, 3.63) is 53.0 Å². The van der Waals surface area contributed by atoms with Gasteiger partial charge in [0.25, 0.3) is 18.2 Å². The largest absolute Gasteiger partial charge is 0.447 e. The highest BCUT2D eigenvalue weighted by molar-refractivity contribution is 5.96. The summed E-state index contributed by atoms with van der Waals surface area (Å²) in [7, 11) is 1.49. The van der Waals surface area contributed by atoms with Crippen molar-refractivity contribution in [1.82, 2.24) is 15.2 Å². The zero-order valence-electron chi connectivity index (χ0n) is 14.3. The van der Waals surface area contributed by atoms with E-state index in [1.54, 1.807) is 4.90 Å². The molecule has 6 nitrogen and oxygen atoms in total. The molecule has 2 aliphatic heterocycles. The number of hydrogen-bond donors (Lipinski definition) is 1. The summed E-state index contributed by atoms with van der Waals surface area (Å²) in [5, 5.41) is 2.49. The average molecular weight is 379 g/mol. The van der Waals surface area contributed by atoms with Crippen molar-refractivity contribution < 1.29 is 27.2 Å². The molecule has 0 radical (unpaired) electrons. The van der Waals surface area contributed by atoms with Crippen LogP contribution in [0.25, 0.3) is 0 Å². The Morgan fingerprint density at radius 1 is 1.37 bits per heavy atom. The maximum Gasteiger partial charge on any atom is 0.273 e. The van der Waals surface area contributed by atoms with Gasteiger partial charge in [0, 0.05) is 31.1 Å². The molecule has 0 spiro atoms. The highest BCUT2D eigenvalue weighted by atomic mass is 19.3. The molecule has 3 aliphatic rings. The lowest BCUT2D eigenvalue weighted by Gasteiger charge is -2.35. The third-order valence-corrected chi connectivity index (χ3v) is 5.38. The van der Waals surface area contributed by atoms with Crippen LogP contribution in [0, 0.1) is 11.7 Å². The number of fused-ring (bicyclic) bond motifs is 1. The maximum absolute atomic E-state index is 13.5. The van der Waals surface area contributed by atoms with Crippen LogP contribution in [0.5, 0.6) is 0 Å². The summed E-state index contributed by atoms with van der Waals surface area (Å²) in [6, 6.07) is 2.78. The Hall–Kier alpha value is -2.84. The van der Waals surface area contributed by atoms with Gasteiger partial charge in [-0.15, -0.1) is 0 Å². The van der Waals surface area contributed by atoms with Crippen molar-refractivity contribution in [2.24, 2.45) is 5.92 Å². The number of carbonyl (C=O) groups is 2. The van der Waals surface area contributed by atoms with Crippen molar-refractivity contribution >= 4 is 11.8 Å². The van der Waals surface area contributed by atoms with Crippen molar-refractivity contribution in [1.29, 1.82) is 0 Å². The molecule has 2 aromatic rings. The summed E-state index contributed by atoms with van der Waals surface area (Å²) in [5.41, 5.74) is -0.587. The van der Waals surface area contributed by atoms with E-state index in [0.717, 1.165) is 18.6 Å². The Morgan fingerprint density at radius 3 is 2.85 bits per heavy atom. The second-order valence-electron chi connectivity index (χ2n) is 6.73. The number of benzene rings is 1. The number of alkyl halides is 2. The zero-order chi connectivity index (χ0) is 19.3. The number of hydrogen-bond acceptors (Lipinski definition) is 4. The predicted octanol–water partition coefficient (Wildman–Crippen LogP) is 2.74. The van der Waals surface area contributed by atoms with Crippen LogP contribution in [0.2, 0.25) is 0 Å². The van der Waals surface area contributed by atoms with Crippen LogP contribution in [-0.2, 0) is 0 Å². The zero-order valence-corrected chi connectivity index (χ0v) is 14.3. The number of aromatic nitrogens is 1. The molecule has 1 saturated carbocycles. The minimum Gasteiger partial charge on any atom is -0.447 e. The number of rotatable bonds is 4. The third-order valence-electron chi connectivity index (χ3n) is 5.38. The molecule has 3 fully saturated rings. The lowest BCUT2D eigenvalue weighted by Crippen LogP contribution is -2.40. The molecule has 1 aromatic carbocycles. The highest BCUT2D eigenvalue weighted by Gasteiger charge is 2.56. The first-order valence-corrected chi connectivity index (χ1v) is 8.46. The summed E-state index contributed by atoms with van der Waals surface area (Å²) >= 11 is 0. The second-order valence-corrected chi connectivity index (χ2v) is 6.73. The molecule has 2 bridgehead atoms. The summed E-state index contributed by atoms with van der Waals surface area (Å²) in [4.78, 5) is 30.2. The van der Waals surface area contributed by atoms with Gasteiger partial charge in [-0.3, -0.25) is 9.59 Å². The monoisotopic (exact) mass is 379 g/mol. The smallest absolute Gasteiger partial charge is 0.273 e. The number of nitrogens with one attached hydrogen (secondary N) is 1. The van der Waals surface area contributed by atoms with E-state index < -0.39 is 23.7 Å². The SMILES string of the molecule is CNC(=O)c1ncoc1C1C2CC1N(C(=O)c1ccc(F)c(C(F)F)c1)C2. The van der Waals surface area contributed by atoms with E-state index in [4.69, 9.17) is 4.42 Å². The summed E-state index contributed by atoms with van der Waals surface area (Å²) < 4.78 is 44.7. The predicted molar refractivity (Wildman–Crippen MR) is 86.9 cm³/mol. The van der Waals surface area contributed by atoms with Gasteiger partial charge < -0.3 is 14.6 Å². The minimum atomic E-state index is -3.00. The normalized spacial score (nSPS) is 23.4. The molecule has 1 aliphatic carbocycles. The molecule has 3 atom stereocenters. The Balaban J connectivity index is 1.58. The van der Waals surface area contributed by atoms with Gasteiger partial charge in [0.2, 0.25) is 0 Å². The highest BCUT2D eigenvalue weighted by Crippen LogP contribution is 2.53. The van der Waals surface area contributed by atoms with Crippen molar-refractivity contribution in [2.45, 2.75) is 24.8 Å². The molecular formula is C18H16F3N3O3. The van der Waals surface area contributed by atoms with E-state index in [9.17, 15) is 22.8 Å². The Labute approximate surface area is 152 Å². The van der Waals surface area contributed by atoms with Crippen LogP contribution >= 0.6 is 0 Å². The molecular weight excluding hydrogens is 363 g/mol. The van der Waals surface area contributed by atoms with Gasteiger partial charge in [0.15, 0.2) is 12.1 Å². The van der Waals surface area contributed by atoms with Crippen molar-refractivity contribution in [3.8, 4) is 0 Å². The first-order valence-electron chi connectivity index (χ1n) is 8.46. The molecule has 3 heterocycles. The number of amides is 2. The van der Waals surface area contributed by atoms with Gasteiger partial charge in [0.05, 0.1) is 5.56 Å². The first kappa shape index (κ1) is 17.6. The van der Waals surface area contributed by atoms with E-state index in [0.29, 0.717) is 12.3 Å². The van der Waals surface area contributed by atoms with Gasteiger partial charge in [-0.25, -0.2) is 18.2 Å². The number of halogens is 3. The Bertz CT molecular complexity index is 914. The quantitative estimate of drug-likeness (QED) is 0.886. The van der Waals surface area contributed by atoms with Crippen LogP contribution in [0.3, 0.4) is 0 Å². The fourth-order valence-electron chi connectivity index (χ4n) is 4.03. The molecule has 2 amide bonds. The van der Waals surface area contributed by atoms with E-state index in [1.165, 1.54) is 19.5 Å². The molecule has 3 unspecified atom stereocenters. The van der Waals surface area contributed by atoms with E-state index >= 15 is 0 Å². The summed E-state index contributed by atoms with van der Waals surface area (Å²) in [6.45, 7) is 0.420. The molecule has 2 saturated heterocycles. The molecule has 27 heavy (non-hydrogen) atoms. The van der Waals surface area contributed by atoms with Crippen LogP contribution in [0.15, 0.2) is 29.0 Å². The minimum absolute atomic E-state index is 0.0158. The van der Waals surface area contributed by atoms with Gasteiger partial charge in [-0.1, -0.05) is 0 Å². The fraction of sp³-hybridized carbons (Fsp3) is 0.389. The molecule has 1 N–H and O–H groups in total. The molecule has 1 aromatic heterocycles. The Kier molecular flexibility index (Phi) is 4.16. The van der Waals surface area contributed by atoms with Gasteiger partial charge in [0.1, 0.15) is 11.6 Å². The standard InChI is InChI=1S/C18H16F3N3O3/c1-22-17(25)14-15(27-7-23-14)13-9-5-12(13)24(6-9)18(26)8-2-3-11(19)10(4-8)16(20)21/h2-4,7,9,12-13,16H,5-6H2,1H3,(H,22,25). The third kappa shape index (κ3) is 2.68. The van der Waals surface area contributed by atoms with Gasteiger partial charge in [-0.2, -0.15) is 0 Å². The van der Waals surface area contributed by atoms with E-state index in [-0.39, 0.29) is 35.0 Å². The number of nitrogens with zero attached hydrogens (tertiary/aromatic N) is 2. The van der Waals surface area contributed by atoms with Crippen molar-refractivity contribution in [3.63, 3.8) is 0 Å². The topological polar surface area (TPSA) is 75.4 Å². The van der Waals surface area contributed by atoms with E-state index in [2.05, 4.69) is 10.3 Å². The maximum atomic E-state index is 13.5. The van der Waals surface area contributed by atoms with Crippen molar-refractivity contribution in [2.75, 3.05) is 13.6 Å². The number of carbonyl (C=O) groups excluding carboxylic acids is 2. The molecule has 9 heteroatoms.